The molecule has 2 aromatic heterocycles. The van der Waals surface area contributed by atoms with Crippen molar-refractivity contribution < 1.29 is 13.9 Å². The number of fused-ring (bicyclic) bond motifs is 2. The van der Waals surface area contributed by atoms with Crippen LogP contribution in [0.1, 0.15) is 11.1 Å². The molecule has 0 aliphatic carbocycles. The SMILES string of the molecule is COc1ncc(CN2CCOc3c(Cl)cc(-n4ccc5cc(F)c(Cl)cc54)cc3C2)cn1. The van der Waals surface area contributed by atoms with Crippen molar-refractivity contribution >= 4 is 34.1 Å². The summed E-state index contributed by atoms with van der Waals surface area (Å²) in [6.07, 6.45) is 5.40. The summed E-state index contributed by atoms with van der Waals surface area (Å²) in [5, 5.41) is 1.37. The van der Waals surface area contributed by atoms with E-state index in [1.807, 2.05) is 29.0 Å². The maximum Gasteiger partial charge on any atom is 0.316 e. The first kappa shape index (κ1) is 21.0. The van der Waals surface area contributed by atoms with Crippen molar-refractivity contribution in [3.05, 3.63) is 75.9 Å². The third-order valence-electron chi connectivity index (χ3n) is 5.43. The third-order valence-corrected chi connectivity index (χ3v) is 6.00. The van der Waals surface area contributed by atoms with E-state index in [9.17, 15) is 4.39 Å². The van der Waals surface area contributed by atoms with E-state index in [0.717, 1.165) is 34.3 Å². The van der Waals surface area contributed by atoms with Gasteiger partial charge in [-0.1, -0.05) is 23.2 Å². The second-order valence-electron chi connectivity index (χ2n) is 7.56. The average Bonchev–Trinajstić information content (AvgIpc) is 3.06. The molecule has 5 rings (SSSR count). The van der Waals surface area contributed by atoms with Crippen LogP contribution in [0.25, 0.3) is 16.6 Å². The van der Waals surface area contributed by atoms with Crippen LogP contribution < -0.4 is 9.47 Å². The van der Waals surface area contributed by atoms with Gasteiger partial charge in [0, 0.05) is 60.4 Å². The predicted octanol–water partition coefficient (Wildman–Crippen LogP) is 5.27. The van der Waals surface area contributed by atoms with Crippen molar-refractivity contribution in [2.75, 3.05) is 20.3 Å². The Balaban J connectivity index is 1.48. The molecule has 0 spiro atoms. The van der Waals surface area contributed by atoms with Crippen LogP contribution in [0, 0.1) is 5.82 Å². The van der Waals surface area contributed by atoms with Gasteiger partial charge in [0.2, 0.25) is 0 Å². The van der Waals surface area contributed by atoms with E-state index >= 15 is 0 Å². The Bertz CT molecular complexity index is 1290. The van der Waals surface area contributed by atoms with Gasteiger partial charge in [-0.05, 0) is 30.3 Å². The third kappa shape index (κ3) is 3.99. The summed E-state index contributed by atoms with van der Waals surface area (Å²) >= 11 is 12.6. The van der Waals surface area contributed by atoms with Gasteiger partial charge in [-0.2, -0.15) is 0 Å². The first-order valence-corrected chi connectivity index (χ1v) is 10.8. The van der Waals surface area contributed by atoms with E-state index in [1.165, 1.54) is 13.2 Å². The van der Waals surface area contributed by atoms with Crippen LogP contribution in [0.5, 0.6) is 11.8 Å². The summed E-state index contributed by atoms with van der Waals surface area (Å²) in [5.41, 5.74) is 3.60. The van der Waals surface area contributed by atoms with Gasteiger partial charge in [0.15, 0.2) is 0 Å². The van der Waals surface area contributed by atoms with E-state index < -0.39 is 5.82 Å². The van der Waals surface area contributed by atoms with Gasteiger partial charge in [-0.3, -0.25) is 4.90 Å². The molecular formula is C23H19Cl2FN4O2. The minimum absolute atomic E-state index is 0.0783. The van der Waals surface area contributed by atoms with Gasteiger partial charge in [0.05, 0.1) is 22.7 Å². The van der Waals surface area contributed by atoms with Crippen LogP contribution in [0.3, 0.4) is 0 Å². The molecule has 32 heavy (non-hydrogen) atoms. The molecule has 0 unspecified atom stereocenters. The number of benzene rings is 2. The lowest BCUT2D eigenvalue weighted by Gasteiger charge is -2.19. The largest absolute Gasteiger partial charge is 0.490 e. The zero-order valence-electron chi connectivity index (χ0n) is 17.2. The van der Waals surface area contributed by atoms with Gasteiger partial charge < -0.3 is 14.0 Å². The molecule has 9 heteroatoms. The fourth-order valence-electron chi connectivity index (χ4n) is 3.93. The highest BCUT2D eigenvalue weighted by Gasteiger charge is 2.20. The maximum atomic E-state index is 13.9. The fourth-order valence-corrected chi connectivity index (χ4v) is 4.37. The molecule has 3 heterocycles. The van der Waals surface area contributed by atoms with Crippen molar-refractivity contribution in [3.63, 3.8) is 0 Å². The summed E-state index contributed by atoms with van der Waals surface area (Å²) in [5.74, 6) is 0.243. The molecule has 6 nitrogen and oxygen atoms in total. The zero-order valence-corrected chi connectivity index (χ0v) is 18.7. The summed E-state index contributed by atoms with van der Waals surface area (Å²) in [4.78, 5) is 10.6. The maximum absolute atomic E-state index is 13.9. The first-order chi connectivity index (χ1) is 15.5. The molecular weight excluding hydrogens is 454 g/mol. The molecule has 0 atom stereocenters. The molecule has 1 aliphatic heterocycles. The van der Waals surface area contributed by atoms with Crippen LogP contribution in [0.15, 0.2) is 48.9 Å². The Hall–Kier alpha value is -2.87. The van der Waals surface area contributed by atoms with E-state index in [0.29, 0.717) is 36.5 Å². The lowest BCUT2D eigenvalue weighted by Crippen LogP contribution is -2.25. The van der Waals surface area contributed by atoms with Crippen molar-refractivity contribution in [1.29, 1.82) is 0 Å². The Morgan fingerprint density at radius 2 is 1.94 bits per heavy atom. The number of nitrogens with zero attached hydrogens (tertiary/aromatic N) is 4. The summed E-state index contributed by atoms with van der Waals surface area (Å²) in [7, 11) is 1.54. The Kier molecular flexibility index (Phi) is 5.63. The minimum atomic E-state index is -0.441. The zero-order chi connectivity index (χ0) is 22.2. The Morgan fingerprint density at radius 1 is 1.12 bits per heavy atom. The van der Waals surface area contributed by atoms with Crippen LogP contribution >= 0.6 is 23.2 Å². The van der Waals surface area contributed by atoms with Gasteiger partial charge in [-0.15, -0.1) is 0 Å². The standard InChI is InChI=1S/C23H19Cl2FN4O2/c1-31-23-27-10-14(11-28-23)12-29-4-5-32-22-16(13-29)6-17(8-19(22)25)30-3-2-15-7-20(26)18(24)9-21(15)30/h2-3,6-11H,4-5,12-13H2,1H3. The van der Waals surface area contributed by atoms with Crippen LogP contribution in [0.4, 0.5) is 4.39 Å². The summed E-state index contributed by atoms with van der Waals surface area (Å²) in [6.45, 7) is 2.55. The smallest absolute Gasteiger partial charge is 0.316 e. The number of aromatic nitrogens is 3. The molecule has 0 saturated heterocycles. The van der Waals surface area contributed by atoms with Crippen molar-refractivity contribution in [3.8, 4) is 17.4 Å². The topological polar surface area (TPSA) is 52.4 Å². The van der Waals surface area contributed by atoms with Gasteiger partial charge >= 0.3 is 6.01 Å². The molecule has 0 N–H and O–H groups in total. The monoisotopic (exact) mass is 472 g/mol. The molecule has 0 amide bonds. The van der Waals surface area contributed by atoms with Gasteiger partial charge in [-0.25, -0.2) is 14.4 Å². The Labute approximate surface area is 194 Å². The number of rotatable bonds is 4. The van der Waals surface area contributed by atoms with E-state index in [2.05, 4.69) is 14.9 Å². The lowest BCUT2D eigenvalue weighted by atomic mass is 10.1. The van der Waals surface area contributed by atoms with E-state index in [4.69, 9.17) is 32.7 Å². The number of ether oxygens (including phenoxy) is 2. The van der Waals surface area contributed by atoms with Crippen LogP contribution in [-0.4, -0.2) is 39.7 Å². The highest BCUT2D eigenvalue weighted by Crippen LogP contribution is 2.36. The highest BCUT2D eigenvalue weighted by molar-refractivity contribution is 6.32. The number of hydrogen-bond donors (Lipinski definition) is 0. The number of hydrogen-bond acceptors (Lipinski definition) is 5. The lowest BCUT2D eigenvalue weighted by molar-refractivity contribution is 0.219. The molecule has 164 valence electrons. The molecule has 0 saturated carbocycles. The van der Waals surface area contributed by atoms with Crippen LogP contribution in [0.2, 0.25) is 10.0 Å². The minimum Gasteiger partial charge on any atom is -0.490 e. The normalized spacial score (nSPS) is 14.1. The number of methoxy groups -OCH3 is 1. The average molecular weight is 473 g/mol. The van der Waals surface area contributed by atoms with Crippen LogP contribution in [-0.2, 0) is 13.1 Å². The van der Waals surface area contributed by atoms with Gasteiger partial charge in [0.25, 0.3) is 0 Å². The van der Waals surface area contributed by atoms with Crippen molar-refractivity contribution in [2.45, 2.75) is 13.1 Å². The molecule has 4 aromatic rings. The second kappa shape index (κ2) is 8.58. The van der Waals surface area contributed by atoms with Crippen molar-refractivity contribution in [2.24, 2.45) is 0 Å². The predicted molar refractivity (Wildman–Crippen MR) is 121 cm³/mol. The van der Waals surface area contributed by atoms with Gasteiger partial charge in [0.1, 0.15) is 18.2 Å². The first-order valence-electron chi connectivity index (χ1n) is 10.0. The second-order valence-corrected chi connectivity index (χ2v) is 8.38. The van der Waals surface area contributed by atoms with Crippen molar-refractivity contribution in [1.82, 2.24) is 19.4 Å². The fraction of sp³-hybridized carbons (Fsp3) is 0.217. The molecule has 0 bridgehead atoms. The molecule has 1 aliphatic rings. The molecule has 0 radical (unpaired) electrons. The Morgan fingerprint density at radius 3 is 2.72 bits per heavy atom. The van der Waals surface area contributed by atoms with E-state index in [-0.39, 0.29) is 5.02 Å². The number of halogens is 3. The molecule has 2 aromatic carbocycles. The summed E-state index contributed by atoms with van der Waals surface area (Å²) < 4.78 is 26.8. The molecule has 0 fully saturated rings. The summed E-state index contributed by atoms with van der Waals surface area (Å²) in [6, 6.07) is 9.14. The quantitative estimate of drug-likeness (QED) is 0.404. The van der Waals surface area contributed by atoms with E-state index in [1.54, 1.807) is 18.5 Å². The highest BCUT2D eigenvalue weighted by atomic mass is 35.5.